The number of aldehydes is 2. The van der Waals surface area contributed by atoms with Crippen molar-refractivity contribution in [1.29, 1.82) is 5.26 Å². The third-order valence-electron chi connectivity index (χ3n) is 11.0. The van der Waals surface area contributed by atoms with Crippen LogP contribution in [0.1, 0.15) is 149 Å². The van der Waals surface area contributed by atoms with E-state index < -0.39 is 11.6 Å². The van der Waals surface area contributed by atoms with Crippen molar-refractivity contribution in [1.82, 2.24) is 10.6 Å². The molecule has 3 aromatic carbocycles. The van der Waals surface area contributed by atoms with Gasteiger partial charge in [-0.1, -0.05) is 129 Å². The van der Waals surface area contributed by atoms with Crippen LogP contribution in [-0.4, -0.2) is 57.5 Å². The number of unbranched alkanes of at least 4 members (excludes halogenated alkanes) is 3. The Hall–Kier alpha value is -5.90. The van der Waals surface area contributed by atoms with E-state index in [1.165, 1.54) is 86.0 Å². The van der Waals surface area contributed by atoms with Crippen molar-refractivity contribution < 1.29 is 28.0 Å². The van der Waals surface area contributed by atoms with Gasteiger partial charge in [0.15, 0.2) is 5.78 Å². The zero-order valence-electron chi connectivity index (χ0n) is 46.5. The molecule has 1 aliphatic rings. The van der Waals surface area contributed by atoms with Gasteiger partial charge >= 0.3 is 0 Å². The fourth-order valence-electron chi connectivity index (χ4n) is 6.32. The van der Waals surface area contributed by atoms with Gasteiger partial charge in [0.25, 0.3) is 5.91 Å². The summed E-state index contributed by atoms with van der Waals surface area (Å²) in [5.74, 6) is -0.194. The van der Waals surface area contributed by atoms with Crippen LogP contribution in [0.2, 0.25) is 0 Å². The second kappa shape index (κ2) is 47.1. The van der Waals surface area contributed by atoms with Gasteiger partial charge in [-0.3, -0.25) is 9.59 Å². The normalized spacial score (nSPS) is 13.1. The Morgan fingerprint density at radius 2 is 1.55 bits per heavy atom. The summed E-state index contributed by atoms with van der Waals surface area (Å²) in [6.45, 7) is 28.5. The highest BCUT2D eigenvalue weighted by molar-refractivity contribution is 8.06. The molecular formula is C61H91F2N5O4S. The fourth-order valence-corrected chi connectivity index (χ4v) is 6.91. The van der Waals surface area contributed by atoms with Crippen molar-refractivity contribution in [3.8, 4) is 17.2 Å². The number of amides is 1. The molecule has 12 heteroatoms. The average Bonchev–Trinajstić information content (AvgIpc) is 3.38. The number of halogens is 2. The lowest BCUT2D eigenvalue weighted by atomic mass is 9.93. The van der Waals surface area contributed by atoms with Gasteiger partial charge in [-0.2, -0.15) is 5.26 Å². The predicted octanol–water partition coefficient (Wildman–Crippen LogP) is 15.1. The molecule has 0 fully saturated rings. The van der Waals surface area contributed by atoms with Crippen molar-refractivity contribution in [2.75, 3.05) is 32.1 Å². The summed E-state index contributed by atoms with van der Waals surface area (Å²) in [6, 6.07) is 21.7. The van der Waals surface area contributed by atoms with Crippen molar-refractivity contribution in [3.05, 3.63) is 149 Å². The summed E-state index contributed by atoms with van der Waals surface area (Å²) in [5, 5.41) is 16.7. The molecule has 0 saturated carbocycles. The van der Waals surface area contributed by atoms with Gasteiger partial charge < -0.3 is 30.9 Å². The molecule has 0 aliphatic carbocycles. The largest absolute Gasteiger partial charge is 0.402 e. The quantitative estimate of drug-likeness (QED) is 0.0312. The first-order valence-corrected chi connectivity index (χ1v) is 26.6. The van der Waals surface area contributed by atoms with Gasteiger partial charge in [0.05, 0.1) is 5.57 Å². The number of ketones is 1. The summed E-state index contributed by atoms with van der Waals surface area (Å²) in [6.07, 6.45) is 21.1. The number of benzene rings is 3. The van der Waals surface area contributed by atoms with Crippen molar-refractivity contribution in [2.45, 2.75) is 146 Å². The van der Waals surface area contributed by atoms with Gasteiger partial charge in [-0.05, 0) is 163 Å². The maximum Gasteiger partial charge on any atom is 0.251 e. The highest BCUT2D eigenvalue weighted by atomic mass is 32.2. The molecule has 0 bridgehead atoms. The number of thioether (sulfide) groups is 1. The number of hydrogen-bond acceptors (Lipinski definition) is 9. The highest BCUT2D eigenvalue weighted by Crippen LogP contribution is 2.33. The Kier molecular flexibility index (Phi) is 46.1. The molecule has 73 heavy (non-hydrogen) atoms. The number of rotatable bonds is 21. The molecule has 3 aromatic rings. The number of nitrogens with two attached hydrogens (primary N) is 1. The van der Waals surface area contributed by atoms with Gasteiger partial charge in [0, 0.05) is 53.5 Å². The lowest BCUT2D eigenvalue weighted by Crippen LogP contribution is -2.33. The third kappa shape index (κ3) is 36.6. The molecule has 0 spiro atoms. The smallest absolute Gasteiger partial charge is 0.251 e. The van der Waals surface area contributed by atoms with E-state index >= 15 is 0 Å². The minimum Gasteiger partial charge on any atom is -0.402 e. The Labute approximate surface area is 445 Å². The topological polar surface area (TPSA) is 145 Å². The van der Waals surface area contributed by atoms with E-state index in [-0.39, 0.29) is 17.3 Å². The Morgan fingerprint density at radius 1 is 0.945 bits per heavy atom. The lowest BCUT2D eigenvalue weighted by Gasteiger charge is -2.34. The minimum absolute atomic E-state index is 0.0150. The summed E-state index contributed by atoms with van der Waals surface area (Å²) < 4.78 is 23.9. The first-order valence-electron chi connectivity index (χ1n) is 25.8. The molecule has 9 nitrogen and oxygen atoms in total. The van der Waals surface area contributed by atoms with Gasteiger partial charge in [0.1, 0.15) is 30.3 Å². The van der Waals surface area contributed by atoms with Gasteiger partial charge in [0.2, 0.25) is 0 Å². The van der Waals surface area contributed by atoms with Gasteiger partial charge in [-0.25, -0.2) is 8.78 Å². The number of nitriles is 1. The molecule has 1 amide bonds. The molecule has 1 heterocycles. The van der Waals surface area contributed by atoms with Crippen LogP contribution in [0.15, 0.2) is 126 Å². The average molecular weight is 1030 g/mol. The summed E-state index contributed by atoms with van der Waals surface area (Å²) >= 11 is 1.42. The van der Waals surface area contributed by atoms with Crippen molar-refractivity contribution >= 4 is 41.7 Å². The molecule has 4 N–H and O–H groups in total. The van der Waals surface area contributed by atoms with E-state index in [0.717, 1.165) is 106 Å². The van der Waals surface area contributed by atoms with Gasteiger partial charge in [-0.15, -0.1) is 0 Å². The third-order valence-corrected chi connectivity index (χ3v) is 11.8. The van der Waals surface area contributed by atoms with Crippen molar-refractivity contribution in [3.63, 3.8) is 0 Å². The number of anilines is 1. The molecule has 0 radical (unpaired) electrons. The van der Waals surface area contributed by atoms with Crippen LogP contribution in [0.25, 0.3) is 11.1 Å². The minimum atomic E-state index is -0.537. The van der Waals surface area contributed by atoms with Crippen LogP contribution in [-0.2, 0) is 20.8 Å². The molecule has 0 saturated heterocycles. The van der Waals surface area contributed by atoms with Crippen molar-refractivity contribution in [2.24, 2.45) is 17.6 Å². The SMILES string of the molecule is C=C(/C=C(\C#N)C(C)=O)S/C=C\CCC.C=C/C=C(\C)N.CC.CC=O.CCC(C)CCC(C=O)CC.CNCCCCCNC(=O)c1ccc(-c2ccc3c(c2)CC[C@H](C)N3C)cc1.Fc1cccc(F)c1. The Bertz CT molecular complexity index is 2110. The molecular weight excluding hydrogens is 937 g/mol. The number of nitrogens with one attached hydrogen (secondary N) is 2. The monoisotopic (exact) mass is 1030 g/mol. The molecule has 3 atom stereocenters. The first kappa shape index (κ1) is 71.4. The van der Waals surface area contributed by atoms with Crippen LogP contribution >= 0.6 is 11.8 Å². The second-order valence-corrected chi connectivity index (χ2v) is 18.1. The zero-order chi connectivity index (χ0) is 56.0. The maximum absolute atomic E-state index is 12.3. The van der Waals surface area contributed by atoms with E-state index in [1.54, 1.807) is 12.2 Å². The van der Waals surface area contributed by atoms with E-state index in [2.05, 4.69) is 101 Å². The number of nitrogens with zero attached hydrogens (tertiary/aromatic N) is 2. The molecule has 1 aliphatic heterocycles. The zero-order valence-corrected chi connectivity index (χ0v) is 47.3. The van der Waals surface area contributed by atoms with Crippen LogP contribution in [0.5, 0.6) is 0 Å². The number of fused-ring (bicyclic) bond motifs is 1. The predicted molar refractivity (Wildman–Crippen MR) is 309 cm³/mol. The number of hydrogen-bond donors (Lipinski definition) is 3. The van der Waals surface area contributed by atoms with Crippen LogP contribution < -0.4 is 21.3 Å². The van der Waals surface area contributed by atoms with Crippen LogP contribution in [0.3, 0.4) is 0 Å². The maximum atomic E-state index is 12.3. The fraction of sp³-hybridized carbons (Fsp3) is 0.459. The van der Waals surface area contributed by atoms with E-state index in [0.29, 0.717) is 16.9 Å². The Balaban J connectivity index is -0.000000917. The Morgan fingerprint density at radius 3 is 2.01 bits per heavy atom. The summed E-state index contributed by atoms with van der Waals surface area (Å²) in [7, 11) is 4.14. The number of carbonyl (C=O) groups is 4. The highest BCUT2D eigenvalue weighted by Gasteiger charge is 2.20. The number of aryl methyl sites for hydroxylation is 1. The van der Waals surface area contributed by atoms with E-state index in [4.69, 9.17) is 15.8 Å². The molecule has 2 unspecified atom stereocenters. The van der Waals surface area contributed by atoms with E-state index in [1.807, 2.05) is 57.5 Å². The van der Waals surface area contributed by atoms with Crippen LogP contribution in [0.4, 0.5) is 14.5 Å². The number of allylic oxidation sites excluding steroid dienone is 6. The second-order valence-electron chi connectivity index (χ2n) is 17.0. The molecule has 4 rings (SSSR count). The summed E-state index contributed by atoms with van der Waals surface area (Å²) in [4.78, 5) is 45.6. The van der Waals surface area contributed by atoms with E-state index in [9.17, 15) is 23.2 Å². The lowest BCUT2D eigenvalue weighted by molar-refractivity contribution is -0.113. The standard InChI is InChI=1S/C24H33N3O.C12H15NOS.C10H20O.C6H4F2.C5H9N.C2H4O.C2H6/c1-18-7-8-22-17-21(13-14-23(22)27(18)3)19-9-11-20(12-10-19)24(28)26-16-6-4-5-15-25-2;1-4-5-6-7-15-10(2)8-12(9-13)11(3)14;1-4-9(3)6-7-10(5-2)8-11;7-5-2-1-3-6(8)4-5;1-3-4-5(2)6;1-2-3;1-2/h9-14,17-18,25H,4-8,15-16H2,1-3H3,(H,26,28);6-8H,2,4-5H2,1,3H3;8-10H,4-7H2,1-3H3;1-4H;3-4H,1,6H2,2H3;2H,1H3;1-2H3/b;7-6-,12-8+;;;5-4+;;/t18-;;;;;;/m0....../s1. The summed E-state index contributed by atoms with van der Waals surface area (Å²) in [5.41, 5.74) is 12.0. The van der Waals surface area contributed by atoms with Crippen LogP contribution in [0, 0.1) is 34.8 Å². The molecule has 0 aromatic heterocycles. The number of Topliss-reactive ketones (excluding diaryl/α,β-unsaturated/α-hetero) is 1. The first-order chi connectivity index (χ1) is 34.9. The molecule has 404 valence electrons. The number of carbonyl (C=O) groups excluding carboxylic acids is 4.